The van der Waals surface area contributed by atoms with E-state index in [1.165, 1.54) is 28.7 Å². The van der Waals surface area contributed by atoms with Crippen LogP contribution in [0.3, 0.4) is 0 Å². The molecule has 0 bridgehead atoms. The second kappa shape index (κ2) is 11.7. The molecule has 1 aromatic heterocycles. The number of rotatable bonds is 6. The number of hydrogen-bond donors (Lipinski definition) is 2. The van der Waals surface area contributed by atoms with Gasteiger partial charge in [0.15, 0.2) is 0 Å². The number of benzene rings is 1. The Morgan fingerprint density at radius 2 is 2.16 bits per heavy atom. The maximum absolute atomic E-state index is 13.6. The molecule has 1 aliphatic carbocycles. The van der Waals surface area contributed by atoms with Crippen LogP contribution in [0.4, 0.5) is 14.9 Å². The smallest absolute Gasteiger partial charge is 0.321 e. The number of carbonyl (C=O) groups is 2. The summed E-state index contributed by atoms with van der Waals surface area (Å²) in [6.07, 6.45) is 7.68. The monoisotopic (exact) mass is 510 g/mol. The first-order valence-corrected chi connectivity index (χ1v) is 12.8. The van der Waals surface area contributed by atoms with Gasteiger partial charge in [-0.2, -0.15) is 0 Å². The summed E-state index contributed by atoms with van der Waals surface area (Å²) in [5.41, 5.74) is 2.79. The maximum Gasteiger partial charge on any atom is 0.321 e. The molecule has 8 nitrogen and oxygen atoms in total. The first kappa shape index (κ1) is 26.6. The zero-order valence-electron chi connectivity index (χ0n) is 21.6. The number of urea groups is 1. The molecule has 3 amide bonds. The number of fused-ring (bicyclic) bond motifs is 1. The second-order valence-electron chi connectivity index (χ2n) is 10.00. The minimum Gasteiger partial charge on any atom is -0.472 e. The summed E-state index contributed by atoms with van der Waals surface area (Å²) in [5, 5.41) is 12.6. The molecule has 2 heterocycles. The zero-order chi connectivity index (χ0) is 26.5. The van der Waals surface area contributed by atoms with Gasteiger partial charge in [0.25, 0.3) is 5.91 Å². The van der Waals surface area contributed by atoms with E-state index in [1.54, 1.807) is 31.1 Å². The van der Waals surface area contributed by atoms with E-state index >= 15 is 0 Å². The summed E-state index contributed by atoms with van der Waals surface area (Å²) in [4.78, 5) is 34.1. The largest absolute Gasteiger partial charge is 0.472 e. The van der Waals surface area contributed by atoms with E-state index < -0.39 is 24.0 Å². The van der Waals surface area contributed by atoms with Crippen molar-refractivity contribution in [1.29, 1.82) is 0 Å². The Morgan fingerprint density at radius 1 is 1.35 bits per heavy atom. The number of pyridine rings is 1. The van der Waals surface area contributed by atoms with Crippen LogP contribution >= 0.6 is 0 Å². The third-order valence-electron chi connectivity index (χ3n) is 7.06. The highest BCUT2D eigenvalue weighted by Gasteiger charge is 2.35. The number of aromatic nitrogens is 1. The van der Waals surface area contributed by atoms with Crippen molar-refractivity contribution in [3.63, 3.8) is 0 Å². The van der Waals surface area contributed by atoms with Crippen LogP contribution in [0.5, 0.6) is 5.88 Å². The number of hydrogen-bond acceptors (Lipinski definition) is 5. The van der Waals surface area contributed by atoms with Gasteiger partial charge in [0, 0.05) is 31.4 Å². The molecule has 2 N–H and O–H groups in total. The molecule has 0 saturated heterocycles. The van der Waals surface area contributed by atoms with Gasteiger partial charge in [-0.25, -0.2) is 14.2 Å². The number of halogens is 1. The average Bonchev–Trinajstić information content (AvgIpc) is 2.90. The summed E-state index contributed by atoms with van der Waals surface area (Å²) in [6, 6.07) is 6.74. The van der Waals surface area contributed by atoms with Gasteiger partial charge in [0.1, 0.15) is 17.5 Å². The fourth-order valence-corrected chi connectivity index (χ4v) is 4.73. The fourth-order valence-electron chi connectivity index (χ4n) is 4.73. The van der Waals surface area contributed by atoms with Gasteiger partial charge in [-0.1, -0.05) is 19.1 Å². The zero-order valence-corrected chi connectivity index (χ0v) is 21.6. The van der Waals surface area contributed by atoms with E-state index in [0.717, 1.165) is 31.2 Å². The molecule has 2 aromatic rings. The Labute approximate surface area is 217 Å². The molecule has 1 aliphatic heterocycles. The minimum atomic E-state index is -0.476. The van der Waals surface area contributed by atoms with Crippen LogP contribution in [0, 0.1) is 11.7 Å². The van der Waals surface area contributed by atoms with Gasteiger partial charge in [-0.15, -0.1) is 0 Å². The Balaban J connectivity index is 1.60. The normalized spacial score (nSPS) is 20.6. The van der Waals surface area contributed by atoms with Crippen molar-refractivity contribution in [2.24, 2.45) is 5.92 Å². The number of amides is 3. The second-order valence-corrected chi connectivity index (χ2v) is 10.00. The third-order valence-corrected chi connectivity index (χ3v) is 7.06. The van der Waals surface area contributed by atoms with Crippen molar-refractivity contribution in [3.05, 3.63) is 59.5 Å². The molecule has 9 heteroatoms. The minimum absolute atomic E-state index is 0.168. The summed E-state index contributed by atoms with van der Waals surface area (Å²) in [7, 11) is 1.63. The average molecular weight is 511 g/mol. The van der Waals surface area contributed by atoms with Crippen LogP contribution in [-0.2, 0) is 0 Å². The van der Waals surface area contributed by atoms with E-state index in [1.807, 2.05) is 13.0 Å². The molecular weight excluding hydrogens is 475 g/mol. The number of ether oxygens (including phenoxy) is 1. The molecule has 2 aliphatic rings. The number of aliphatic hydroxyl groups is 1. The molecule has 4 rings (SSSR count). The molecule has 198 valence electrons. The van der Waals surface area contributed by atoms with Crippen LogP contribution in [-0.4, -0.2) is 70.7 Å². The highest BCUT2D eigenvalue weighted by molar-refractivity contribution is 5.97. The van der Waals surface area contributed by atoms with Gasteiger partial charge < -0.3 is 25.0 Å². The first-order chi connectivity index (χ1) is 17.8. The highest BCUT2D eigenvalue weighted by Crippen LogP contribution is 2.32. The molecule has 37 heavy (non-hydrogen) atoms. The van der Waals surface area contributed by atoms with Crippen molar-refractivity contribution in [2.75, 3.05) is 32.1 Å². The molecule has 0 saturated carbocycles. The summed E-state index contributed by atoms with van der Waals surface area (Å²) in [5.74, 6) is -0.620. The van der Waals surface area contributed by atoms with E-state index in [9.17, 15) is 19.1 Å². The topological polar surface area (TPSA) is 95.0 Å². The van der Waals surface area contributed by atoms with Crippen LogP contribution in [0.25, 0.3) is 5.57 Å². The fraction of sp³-hybridized carbons (Fsp3) is 0.464. The number of anilines is 1. The molecule has 0 radical (unpaired) electrons. The van der Waals surface area contributed by atoms with Gasteiger partial charge >= 0.3 is 6.03 Å². The summed E-state index contributed by atoms with van der Waals surface area (Å²) >= 11 is 0. The van der Waals surface area contributed by atoms with Crippen LogP contribution in [0.2, 0.25) is 0 Å². The lowest BCUT2D eigenvalue weighted by atomic mass is 9.93. The predicted octanol–water partition coefficient (Wildman–Crippen LogP) is 4.56. The lowest BCUT2D eigenvalue weighted by molar-refractivity contribution is 0.0356. The van der Waals surface area contributed by atoms with Gasteiger partial charge in [0.05, 0.1) is 19.2 Å². The standard InChI is InChI=1S/C28H35FN4O4/c1-18-15-33(19(2)17-34)27(35)24-12-21(20-8-5-4-6-9-20)14-30-26(24)37-25(18)16-32(3)28(36)31-23-11-7-10-22(29)13-23/h7-8,10-14,18-19,25,34H,4-6,9,15-17H2,1-3H3,(H,31,36)/t18-,19+,25+/m0/s1. The molecular formula is C28H35FN4O4. The first-order valence-electron chi connectivity index (χ1n) is 12.8. The number of carbonyl (C=O) groups excluding carboxylic acids is 2. The van der Waals surface area contributed by atoms with E-state index in [-0.39, 0.29) is 30.9 Å². The maximum atomic E-state index is 13.6. The number of nitrogens with one attached hydrogen (secondary N) is 1. The number of nitrogens with zero attached hydrogens (tertiary/aromatic N) is 3. The van der Waals surface area contributed by atoms with Crippen molar-refractivity contribution in [3.8, 4) is 5.88 Å². The molecule has 0 unspecified atom stereocenters. The molecule has 0 fully saturated rings. The Bertz CT molecular complexity index is 1170. The Kier molecular flexibility index (Phi) is 8.43. The van der Waals surface area contributed by atoms with Gasteiger partial charge in [-0.05, 0) is 68.0 Å². The van der Waals surface area contributed by atoms with Crippen molar-refractivity contribution < 1.29 is 23.8 Å². The Morgan fingerprint density at radius 3 is 2.86 bits per heavy atom. The molecule has 1 aromatic carbocycles. The quantitative estimate of drug-likeness (QED) is 0.594. The summed E-state index contributed by atoms with van der Waals surface area (Å²) < 4.78 is 19.8. The van der Waals surface area contributed by atoms with Gasteiger partial charge in [0.2, 0.25) is 5.88 Å². The van der Waals surface area contributed by atoms with Crippen LogP contribution < -0.4 is 10.1 Å². The lowest BCUT2D eigenvalue weighted by Crippen LogP contribution is -2.50. The van der Waals surface area contributed by atoms with Crippen LogP contribution in [0.15, 0.2) is 42.6 Å². The van der Waals surface area contributed by atoms with E-state index in [2.05, 4.69) is 16.4 Å². The number of aliphatic hydroxyl groups excluding tert-OH is 1. The van der Waals surface area contributed by atoms with Crippen molar-refractivity contribution in [2.45, 2.75) is 51.7 Å². The van der Waals surface area contributed by atoms with E-state index in [0.29, 0.717) is 17.8 Å². The van der Waals surface area contributed by atoms with Gasteiger partial charge in [-0.3, -0.25) is 4.79 Å². The third kappa shape index (κ3) is 6.28. The molecule has 0 spiro atoms. The molecule has 3 atom stereocenters. The number of likely N-dealkylation sites (N-methyl/N-ethyl adjacent to an activating group) is 1. The van der Waals surface area contributed by atoms with Crippen molar-refractivity contribution in [1.82, 2.24) is 14.8 Å². The Hall–Kier alpha value is -3.46. The van der Waals surface area contributed by atoms with Crippen molar-refractivity contribution >= 4 is 23.2 Å². The predicted molar refractivity (Wildman–Crippen MR) is 140 cm³/mol. The van der Waals surface area contributed by atoms with Crippen LogP contribution in [0.1, 0.15) is 55.5 Å². The lowest BCUT2D eigenvalue weighted by Gasteiger charge is -2.37. The number of allylic oxidation sites excluding steroid dienone is 2. The SMILES string of the molecule is C[C@H](CO)N1C[C@H](C)[C@@H](CN(C)C(=O)Nc2cccc(F)c2)Oc2ncc(C3=CCCCC3)cc2C1=O. The summed E-state index contributed by atoms with van der Waals surface area (Å²) in [6.45, 7) is 4.14. The van der Waals surface area contributed by atoms with E-state index in [4.69, 9.17) is 4.74 Å². The highest BCUT2D eigenvalue weighted by atomic mass is 19.1.